The van der Waals surface area contributed by atoms with E-state index < -0.39 is 0 Å². The summed E-state index contributed by atoms with van der Waals surface area (Å²) in [4.78, 5) is 10.2. The van der Waals surface area contributed by atoms with Crippen LogP contribution in [0, 0.1) is 6.92 Å². The Morgan fingerprint density at radius 2 is 1.47 bits per heavy atom. The summed E-state index contributed by atoms with van der Waals surface area (Å²) in [5, 5.41) is 0. The molecule has 0 N–H and O–H groups in total. The maximum Gasteiger partial charge on any atom is 0.157 e. The Labute approximate surface area is 101 Å². The van der Waals surface area contributed by atoms with Crippen LogP contribution in [-0.2, 0) is 4.79 Å². The molecule has 2 rings (SSSR count). The van der Waals surface area contributed by atoms with Gasteiger partial charge in [-0.15, -0.1) is 0 Å². The van der Waals surface area contributed by atoms with Gasteiger partial charge in [0.05, 0.1) is 0 Å². The SMILES string of the molecule is Cc1ccc(-c2ccc(OCC=O)cc2)cc1. The van der Waals surface area contributed by atoms with Gasteiger partial charge >= 0.3 is 0 Å². The van der Waals surface area contributed by atoms with Crippen LogP contribution in [-0.4, -0.2) is 12.9 Å². The van der Waals surface area contributed by atoms with Gasteiger partial charge in [0.25, 0.3) is 0 Å². The highest BCUT2D eigenvalue weighted by Crippen LogP contribution is 2.22. The molecule has 0 saturated heterocycles. The fraction of sp³-hybridized carbons (Fsp3) is 0.133. The molecule has 0 aliphatic carbocycles. The Balaban J connectivity index is 2.17. The normalized spacial score (nSPS) is 9.94. The van der Waals surface area contributed by atoms with Crippen molar-refractivity contribution >= 4 is 6.29 Å². The summed E-state index contributed by atoms with van der Waals surface area (Å²) in [5.41, 5.74) is 3.57. The summed E-state index contributed by atoms with van der Waals surface area (Å²) < 4.78 is 5.20. The lowest BCUT2D eigenvalue weighted by Gasteiger charge is -2.05. The van der Waals surface area contributed by atoms with E-state index in [1.807, 2.05) is 24.3 Å². The molecular formula is C15H14O2. The van der Waals surface area contributed by atoms with Crippen molar-refractivity contribution in [3.8, 4) is 16.9 Å². The molecule has 0 amide bonds. The lowest BCUT2D eigenvalue weighted by atomic mass is 10.0. The zero-order chi connectivity index (χ0) is 12.1. The van der Waals surface area contributed by atoms with Gasteiger partial charge < -0.3 is 4.74 Å². The molecule has 0 unspecified atom stereocenters. The first-order valence-corrected chi connectivity index (χ1v) is 5.53. The molecule has 0 atom stereocenters. The van der Waals surface area contributed by atoms with Crippen molar-refractivity contribution in [2.24, 2.45) is 0 Å². The first-order valence-electron chi connectivity index (χ1n) is 5.53. The van der Waals surface area contributed by atoms with E-state index in [1.54, 1.807) is 0 Å². The molecule has 0 aliphatic rings. The Morgan fingerprint density at radius 1 is 0.941 bits per heavy atom. The topological polar surface area (TPSA) is 26.3 Å². The Hall–Kier alpha value is -2.09. The highest BCUT2D eigenvalue weighted by atomic mass is 16.5. The first-order chi connectivity index (χ1) is 8.29. The minimum Gasteiger partial charge on any atom is -0.486 e. The summed E-state index contributed by atoms with van der Waals surface area (Å²) >= 11 is 0. The predicted molar refractivity (Wildman–Crippen MR) is 68.2 cm³/mol. The number of rotatable bonds is 4. The van der Waals surface area contributed by atoms with E-state index >= 15 is 0 Å². The maximum atomic E-state index is 10.2. The summed E-state index contributed by atoms with van der Waals surface area (Å²) in [6.45, 7) is 2.17. The third-order valence-corrected chi connectivity index (χ3v) is 2.56. The van der Waals surface area contributed by atoms with Crippen LogP contribution in [0.5, 0.6) is 5.75 Å². The lowest BCUT2D eigenvalue weighted by molar-refractivity contribution is -0.109. The van der Waals surface area contributed by atoms with Crippen molar-refractivity contribution < 1.29 is 9.53 Å². The van der Waals surface area contributed by atoms with Crippen LogP contribution in [0.25, 0.3) is 11.1 Å². The van der Waals surface area contributed by atoms with Gasteiger partial charge in [-0.2, -0.15) is 0 Å². The first kappa shape index (κ1) is 11.4. The standard InChI is InChI=1S/C15H14O2/c1-12-2-4-13(5-3-12)14-6-8-15(9-7-14)17-11-10-16/h2-10H,11H2,1H3. The van der Waals surface area contributed by atoms with Gasteiger partial charge in [0.15, 0.2) is 6.29 Å². The summed E-state index contributed by atoms with van der Waals surface area (Å²) in [6, 6.07) is 16.1. The minimum absolute atomic E-state index is 0.101. The molecule has 0 saturated carbocycles. The molecular weight excluding hydrogens is 212 g/mol. The summed E-state index contributed by atoms with van der Waals surface area (Å²) in [5.74, 6) is 0.716. The number of carbonyl (C=O) groups excluding carboxylic acids is 1. The summed E-state index contributed by atoms with van der Waals surface area (Å²) in [7, 11) is 0. The molecule has 86 valence electrons. The number of aldehydes is 1. The van der Waals surface area contributed by atoms with Crippen molar-refractivity contribution in [1.82, 2.24) is 0 Å². The predicted octanol–water partition coefficient (Wildman–Crippen LogP) is 3.24. The average Bonchev–Trinajstić information content (AvgIpc) is 2.38. The smallest absolute Gasteiger partial charge is 0.157 e. The lowest BCUT2D eigenvalue weighted by Crippen LogP contribution is -1.97. The molecule has 0 aliphatic heterocycles. The molecule has 0 heterocycles. The number of carbonyl (C=O) groups is 1. The van der Waals surface area contributed by atoms with Crippen LogP contribution in [0.2, 0.25) is 0 Å². The van der Waals surface area contributed by atoms with Gasteiger partial charge in [-0.1, -0.05) is 42.0 Å². The van der Waals surface area contributed by atoms with Gasteiger partial charge in [0.1, 0.15) is 12.4 Å². The van der Waals surface area contributed by atoms with Gasteiger partial charge in [0.2, 0.25) is 0 Å². The molecule has 0 spiro atoms. The minimum atomic E-state index is 0.101. The number of hydrogen-bond donors (Lipinski definition) is 0. The number of aryl methyl sites for hydroxylation is 1. The largest absolute Gasteiger partial charge is 0.486 e. The Bertz CT molecular complexity index is 483. The van der Waals surface area contributed by atoms with Gasteiger partial charge in [0, 0.05) is 0 Å². The van der Waals surface area contributed by atoms with E-state index in [1.165, 1.54) is 11.1 Å². The molecule has 2 aromatic rings. The van der Waals surface area contributed by atoms with Crippen LogP contribution < -0.4 is 4.74 Å². The van der Waals surface area contributed by atoms with Crippen LogP contribution >= 0.6 is 0 Å². The Morgan fingerprint density at radius 3 is 2.00 bits per heavy atom. The number of ether oxygens (including phenoxy) is 1. The third kappa shape index (κ3) is 2.94. The molecule has 0 radical (unpaired) electrons. The van der Waals surface area contributed by atoms with E-state index in [0.29, 0.717) is 5.75 Å². The molecule has 2 heteroatoms. The van der Waals surface area contributed by atoms with Gasteiger partial charge in [-0.05, 0) is 30.2 Å². The van der Waals surface area contributed by atoms with Crippen molar-refractivity contribution in [1.29, 1.82) is 0 Å². The van der Waals surface area contributed by atoms with E-state index in [9.17, 15) is 4.79 Å². The van der Waals surface area contributed by atoms with E-state index in [4.69, 9.17) is 4.74 Å². The van der Waals surface area contributed by atoms with E-state index in [2.05, 4.69) is 31.2 Å². The fourth-order valence-corrected chi connectivity index (χ4v) is 1.62. The van der Waals surface area contributed by atoms with E-state index in [-0.39, 0.29) is 6.61 Å². The molecule has 2 aromatic carbocycles. The van der Waals surface area contributed by atoms with Gasteiger partial charge in [-0.3, -0.25) is 4.79 Å². The van der Waals surface area contributed by atoms with Crippen molar-refractivity contribution in [2.75, 3.05) is 6.61 Å². The molecule has 0 fully saturated rings. The van der Waals surface area contributed by atoms with Crippen molar-refractivity contribution in [3.63, 3.8) is 0 Å². The fourth-order valence-electron chi connectivity index (χ4n) is 1.62. The zero-order valence-electron chi connectivity index (χ0n) is 9.72. The maximum absolute atomic E-state index is 10.2. The highest BCUT2D eigenvalue weighted by molar-refractivity contribution is 5.64. The quantitative estimate of drug-likeness (QED) is 0.748. The van der Waals surface area contributed by atoms with Crippen molar-refractivity contribution in [3.05, 3.63) is 54.1 Å². The van der Waals surface area contributed by atoms with Crippen LogP contribution in [0.1, 0.15) is 5.56 Å². The number of hydrogen-bond acceptors (Lipinski definition) is 2. The molecule has 0 aromatic heterocycles. The van der Waals surface area contributed by atoms with Crippen LogP contribution in [0.15, 0.2) is 48.5 Å². The van der Waals surface area contributed by atoms with Gasteiger partial charge in [-0.25, -0.2) is 0 Å². The second kappa shape index (κ2) is 5.30. The highest BCUT2D eigenvalue weighted by Gasteiger charge is 1.98. The summed E-state index contributed by atoms with van der Waals surface area (Å²) in [6.07, 6.45) is 0.744. The Kier molecular flexibility index (Phi) is 3.55. The zero-order valence-corrected chi connectivity index (χ0v) is 9.72. The van der Waals surface area contributed by atoms with Crippen LogP contribution in [0.3, 0.4) is 0 Å². The van der Waals surface area contributed by atoms with E-state index in [0.717, 1.165) is 11.8 Å². The second-order valence-corrected chi connectivity index (χ2v) is 3.87. The third-order valence-electron chi connectivity index (χ3n) is 2.56. The average molecular weight is 226 g/mol. The monoisotopic (exact) mass is 226 g/mol. The number of benzene rings is 2. The van der Waals surface area contributed by atoms with Crippen molar-refractivity contribution in [2.45, 2.75) is 6.92 Å². The molecule has 0 bridgehead atoms. The second-order valence-electron chi connectivity index (χ2n) is 3.87. The van der Waals surface area contributed by atoms with Crippen LogP contribution in [0.4, 0.5) is 0 Å². The molecule has 2 nitrogen and oxygen atoms in total. The molecule has 17 heavy (non-hydrogen) atoms.